The van der Waals surface area contributed by atoms with E-state index in [0.717, 1.165) is 5.69 Å². The number of aromatic nitrogens is 2. The summed E-state index contributed by atoms with van der Waals surface area (Å²) < 4.78 is 0. The maximum atomic E-state index is 5.39. The summed E-state index contributed by atoms with van der Waals surface area (Å²) in [4.78, 5) is 11.3. The van der Waals surface area contributed by atoms with Gasteiger partial charge < -0.3 is 11.1 Å². The number of hydrogen-bond acceptors (Lipinski definition) is 3. The molecule has 0 aliphatic carbocycles. The first-order chi connectivity index (χ1) is 5.33. The molecule has 0 amide bonds. The van der Waals surface area contributed by atoms with Gasteiger partial charge in [-0.3, -0.25) is 4.99 Å². The number of nitrogens with one attached hydrogen (secondary N) is 1. The first-order valence-electron chi connectivity index (χ1n) is 3.07. The lowest BCUT2D eigenvalue weighted by Crippen LogP contribution is -2.22. The summed E-state index contributed by atoms with van der Waals surface area (Å²) in [5.74, 6) is 0.347. The van der Waals surface area contributed by atoms with Crippen molar-refractivity contribution in [2.75, 3.05) is 12.4 Å². The zero-order valence-electron chi connectivity index (χ0n) is 6.15. The quantitative estimate of drug-likeness (QED) is 0.431. The number of nitrogens with zero attached hydrogens (tertiary/aromatic N) is 3. The van der Waals surface area contributed by atoms with E-state index < -0.39 is 0 Å². The van der Waals surface area contributed by atoms with Gasteiger partial charge in [-0.05, 0) is 0 Å². The number of aliphatic imine (C=N–C) groups is 1. The summed E-state index contributed by atoms with van der Waals surface area (Å²) in [5.41, 5.74) is 6.12. The highest BCUT2D eigenvalue weighted by Gasteiger charge is 1.91. The molecule has 0 aliphatic rings. The van der Waals surface area contributed by atoms with E-state index in [1.54, 1.807) is 19.4 Å². The van der Waals surface area contributed by atoms with E-state index in [2.05, 4.69) is 20.3 Å². The second-order valence-corrected chi connectivity index (χ2v) is 1.86. The van der Waals surface area contributed by atoms with Gasteiger partial charge in [-0.25, -0.2) is 9.97 Å². The molecule has 11 heavy (non-hydrogen) atoms. The van der Waals surface area contributed by atoms with E-state index in [1.807, 2.05) is 0 Å². The Hall–Kier alpha value is -1.65. The molecule has 0 aromatic carbocycles. The summed E-state index contributed by atoms with van der Waals surface area (Å²) in [6.07, 6.45) is 4.68. The zero-order valence-corrected chi connectivity index (χ0v) is 6.15. The van der Waals surface area contributed by atoms with Gasteiger partial charge in [0.15, 0.2) is 5.96 Å². The largest absolute Gasteiger partial charge is 0.370 e. The Balaban J connectivity index is 2.65. The second kappa shape index (κ2) is 3.50. The Morgan fingerprint density at radius 2 is 2.18 bits per heavy atom. The van der Waals surface area contributed by atoms with Crippen LogP contribution in [-0.4, -0.2) is 23.0 Å². The Kier molecular flexibility index (Phi) is 2.37. The highest BCUT2D eigenvalue weighted by molar-refractivity contribution is 5.91. The molecule has 1 aromatic heterocycles. The van der Waals surface area contributed by atoms with Crippen molar-refractivity contribution in [1.82, 2.24) is 9.97 Å². The fourth-order valence-corrected chi connectivity index (χ4v) is 0.567. The Labute approximate surface area is 64.4 Å². The maximum absolute atomic E-state index is 5.39. The predicted molar refractivity (Wildman–Crippen MR) is 43.2 cm³/mol. The third-order valence-corrected chi connectivity index (χ3v) is 1.07. The highest BCUT2D eigenvalue weighted by Crippen LogP contribution is 1.97. The van der Waals surface area contributed by atoms with E-state index in [-0.39, 0.29) is 0 Å². The molecule has 0 radical (unpaired) electrons. The lowest BCUT2D eigenvalue weighted by molar-refractivity contribution is 1.17. The molecule has 5 heteroatoms. The van der Waals surface area contributed by atoms with E-state index >= 15 is 0 Å². The summed E-state index contributed by atoms with van der Waals surface area (Å²) >= 11 is 0. The SMILES string of the molecule is CN=C(N)Nc1cncnc1. The van der Waals surface area contributed by atoms with Gasteiger partial charge in [0.25, 0.3) is 0 Å². The minimum atomic E-state index is 0.347. The fourth-order valence-electron chi connectivity index (χ4n) is 0.567. The summed E-state index contributed by atoms with van der Waals surface area (Å²) in [7, 11) is 1.60. The molecule has 0 atom stereocenters. The van der Waals surface area contributed by atoms with Gasteiger partial charge in [-0.2, -0.15) is 0 Å². The van der Waals surface area contributed by atoms with Crippen LogP contribution in [0, 0.1) is 0 Å². The van der Waals surface area contributed by atoms with E-state index in [0.29, 0.717) is 5.96 Å². The number of hydrogen-bond donors (Lipinski definition) is 2. The minimum absolute atomic E-state index is 0.347. The smallest absolute Gasteiger partial charge is 0.192 e. The van der Waals surface area contributed by atoms with Crippen LogP contribution in [-0.2, 0) is 0 Å². The fraction of sp³-hybridized carbons (Fsp3) is 0.167. The van der Waals surface area contributed by atoms with Gasteiger partial charge >= 0.3 is 0 Å². The van der Waals surface area contributed by atoms with Crippen molar-refractivity contribution in [3.8, 4) is 0 Å². The van der Waals surface area contributed by atoms with Crippen molar-refractivity contribution in [2.45, 2.75) is 0 Å². The number of anilines is 1. The van der Waals surface area contributed by atoms with Gasteiger partial charge in [-0.15, -0.1) is 0 Å². The van der Waals surface area contributed by atoms with Crippen LogP contribution in [0.4, 0.5) is 5.69 Å². The van der Waals surface area contributed by atoms with Crippen LogP contribution < -0.4 is 11.1 Å². The van der Waals surface area contributed by atoms with E-state index in [4.69, 9.17) is 5.73 Å². The lowest BCUT2D eigenvalue weighted by atomic mass is 10.5. The molecule has 1 rings (SSSR count). The van der Waals surface area contributed by atoms with Gasteiger partial charge in [0.2, 0.25) is 0 Å². The van der Waals surface area contributed by atoms with Crippen molar-refractivity contribution >= 4 is 11.6 Å². The van der Waals surface area contributed by atoms with Crippen LogP contribution >= 0.6 is 0 Å². The zero-order chi connectivity index (χ0) is 8.10. The molecule has 1 aromatic rings. The van der Waals surface area contributed by atoms with Crippen molar-refractivity contribution in [1.29, 1.82) is 0 Å². The molecule has 0 aliphatic heterocycles. The van der Waals surface area contributed by atoms with Crippen LogP contribution in [0.5, 0.6) is 0 Å². The summed E-state index contributed by atoms with van der Waals surface area (Å²) in [5, 5.41) is 2.79. The standard InChI is InChI=1S/C6H9N5/c1-8-6(7)11-5-2-9-4-10-3-5/h2-4H,1H3,(H3,7,8,11). The molecule has 0 saturated heterocycles. The molecule has 1 heterocycles. The van der Waals surface area contributed by atoms with Crippen molar-refractivity contribution in [3.63, 3.8) is 0 Å². The van der Waals surface area contributed by atoms with Crippen LogP contribution in [0.2, 0.25) is 0 Å². The van der Waals surface area contributed by atoms with E-state index in [1.165, 1.54) is 6.33 Å². The maximum Gasteiger partial charge on any atom is 0.192 e. The number of guanidine groups is 1. The van der Waals surface area contributed by atoms with Crippen LogP contribution in [0.3, 0.4) is 0 Å². The van der Waals surface area contributed by atoms with Gasteiger partial charge in [-0.1, -0.05) is 0 Å². The van der Waals surface area contributed by atoms with Crippen molar-refractivity contribution in [3.05, 3.63) is 18.7 Å². The van der Waals surface area contributed by atoms with Crippen molar-refractivity contribution < 1.29 is 0 Å². The molecule has 0 spiro atoms. The second-order valence-electron chi connectivity index (χ2n) is 1.86. The molecule has 0 bridgehead atoms. The molecular formula is C6H9N5. The monoisotopic (exact) mass is 151 g/mol. The molecule has 58 valence electrons. The third-order valence-electron chi connectivity index (χ3n) is 1.07. The van der Waals surface area contributed by atoms with Crippen LogP contribution in [0.1, 0.15) is 0 Å². The average Bonchev–Trinajstić information content (AvgIpc) is 2.06. The average molecular weight is 151 g/mol. The molecule has 0 saturated carbocycles. The third kappa shape index (κ3) is 2.21. The predicted octanol–water partition coefficient (Wildman–Crippen LogP) is -0.167. The summed E-state index contributed by atoms with van der Waals surface area (Å²) in [6.45, 7) is 0. The van der Waals surface area contributed by atoms with Crippen LogP contribution in [0.25, 0.3) is 0 Å². The molecule has 3 N–H and O–H groups in total. The molecule has 0 fully saturated rings. The van der Waals surface area contributed by atoms with Gasteiger partial charge in [0.1, 0.15) is 6.33 Å². The topological polar surface area (TPSA) is 76.2 Å². The highest BCUT2D eigenvalue weighted by atomic mass is 15.1. The van der Waals surface area contributed by atoms with Crippen molar-refractivity contribution in [2.24, 2.45) is 10.7 Å². The molecule has 5 nitrogen and oxygen atoms in total. The minimum Gasteiger partial charge on any atom is -0.370 e. The van der Waals surface area contributed by atoms with E-state index in [9.17, 15) is 0 Å². The first kappa shape index (κ1) is 7.46. The van der Waals surface area contributed by atoms with Crippen LogP contribution in [0.15, 0.2) is 23.7 Å². The lowest BCUT2D eigenvalue weighted by Gasteiger charge is -2.01. The first-order valence-corrected chi connectivity index (χ1v) is 3.07. The number of rotatable bonds is 1. The molecular weight excluding hydrogens is 142 g/mol. The Morgan fingerprint density at radius 3 is 2.73 bits per heavy atom. The molecule has 0 unspecified atom stereocenters. The van der Waals surface area contributed by atoms with Gasteiger partial charge in [0, 0.05) is 7.05 Å². The Morgan fingerprint density at radius 1 is 1.55 bits per heavy atom. The number of nitrogens with two attached hydrogens (primary N) is 1. The normalized spacial score (nSPS) is 11.2. The van der Waals surface area contributed by atoms with Gasteiger partial charge in [0.05, 0.1) is 18.1 Å². The Bertz CT molecular complexity index is 242. The summed E-state index contributed by atoms with van der Waals surface area (Å²) in [6, 6.07) is 0.